The molecule has 1 rings (SSSR count). The van der Waals surface area contributed by atoms with Gasteiger partial charge in [0.25, 0.3) is 0 Å². The minimum atomic E-state index is 0.0520. The van der Waals surface area contributed by atoms with E-state index < -0.39 is 0 Å². The molecule has 1 atom stereocenters. The molecule has 0 saturated heterocycles. The smallest absolute Gasteiger partial charge is 0.0471 e. The van der Waals surface area contributed by atoms with E-state index in [1.54, 1.807) is 0 Å². The van der Waals surface area contributed by atoms with Crippen LogP contribution in [-0.4, -0.2) is 11.7 Å². The van der Waals surface area contributed by atoms with Crippen molar-refractivity contribution in [3.8, 4) is 12.3 Å². The van der Waals surface area contributed by atoms with E-state index >= 15 is 0 Å². The van der Waals surface area contributed by atoms with Crippen molar-refractivity contribution in [2.75, 3.05) is 6.61 Å². The first kappa shape index (κ1) is 8.83. The second-order valence-electron chi connectivity index (χ2n) is 2.64. The standard InChI is InChI=1S/C11H12O/c1-2-10(8-9-12)11-6-4-3-5-7-11/h1,3-7,10,12H,8-9H2. The van der Waals surface area contributed by atoms with Gasteiger partial charge >= 0.3 is 0 Å². The van der Waals surface area contributed by atoms with Crippen molar-refractivity contribution in [2.45, 2.75) is 12.3 Å². The summed E-state index contributed by atoms with van der Waals surface area (Å²) in [4.78, 5) is 0. The summed E-state index contributed by atoms with van der Waals surface area (Å²) in [5, 5.41) is 8.73. The Morgan fingerprint density at radius 1 is 1.33 bits per heavy atom. The maximum absolute atomic E-state index is 8.73. The molecule has 1 N–H and O–H groups in total. The zero-order valence-electron chi connectivity index (χ0n) is 6.90. The molecule has 1 nitrogen and oxygen atoms in total. The first-order valence-corrected chi connectivity index (χ1v) is 4.00. The normalized spacial score (nSPS) is 12.0. The van der Waals surface area contributed by atoms with Crippen molar-refractivity contribution < 1.29 is 5.11 Å². The molecule has 0 saturated carbocycles. The number of benzene rings is 1. The maximum Gasteiger partial charge on any atom is 0.0471 e. The van der Waals surface area contributed by atoms with E-state index in [0.29, 0.717) is 6.42 Å². The molecule has 0 radical (unpaired) electrons. The summed E-state index contributed by atoms with van der Waals surface area (Å²) in [5.41, 5.74) is 1.11. The number of aliphatic hydroxyl groups is 1. The highest BCUT2D eigenvalue weighted by Gasteiger charge is 2.05. The summed E-state index contributed by atoms with van der Waals surface area (Å²) in [6.45, 7) is 0.143. The Bertz CT molecular complexity index is 258. The fourth-order valence-electron chi connectivity index (χ4n) is 1.16. The topological polar surface area (TPSA) is 20.2 Å². The van der Waals surface area contributed by atoms with Gasteiger partial charge in [-0.15, -0.1) is 6.42 Å². The monoisotopic (exact) mass is 160 g/mol. The van der Waals surface area contributed by atoms with Gasteiger partial charge in [-0.05, 0) is 12.0 Å². The molecule has 0 aliphatic heterocycles. The van der Waals surface area contributed by atoms with E-state index in [1.165, 1.54) is 0 Å². The Morgan fingerprint density at radius 2 is 2.00 bits per heavy atom. The quantitative estimate of drug-likeness (QED) is 0.668. The lowest BCUT2D eigenvalue weighted by atomic mass is 9.97. The average molecular weight is 160 g/mol. The van der Waals surface area contributed by atoms with E-state index in [-0.39, 0.29) is 12.5 Å². The molecule has 0 aliphatic carbocycles. The van der Waals surface area contributed by atoms with Crippen LogP contribution in [0.4, 0.5) is 0 Å². The lowest BCUT2D eigenvalue weighted by Crippen LogP contribution is -1.97. The van der Waals surface area contributed by atoms with Gasteiger partial charge in [0.05, 0.1) is 0 Å². The average Bonchev–Trinajstić information content (AvgIpc) is 2.15. The van der Waals surface area contributed by atoms with Crippen LogP contribution in [0, 0.1) is 12.3 Å². The highest BCUT2D eigenvalue weighted by Crippen LogP contribution is 2.17. The second-order valence-corrected chi connectivity index (χ2v) is 2.64. The first-order valence-electron chi connectivity index (χ1n) is 4.00. The van der Waals surface area contributed by atoms with Gasteiger partial charge in [-0.3, -0.25) is 0 Å². The zero-order chi connectivity index (χ0) is 8.81. The van der Waals surface area contributed by atoms with Gasteiger partial charge < -0.3 is 5.11 Å². The molecular weight excluding hydrogens is 148 g/mol. The summed E-state index contributed by atoms with van der Waals surface area (Å²) in [6, 6.07) is 9.84. The molecule has 0 bridgehead atoms. The van der Waals surface area contributed by atoms with Crippen molar-refractivity contribution >= 4 is 0 Å². The van der Waals surface area contributed by atoms with Gasteiger partial charge in [-0.2, -0.15) is 0 Å². The number of terminal acetylenes is 1. The number of hydrogen-bond acceptors (Lipinski definition) is 1. The SMILES string of the molecule is C#CC(CCO)c1ccccc1. The van der Waals surface area contributed by atoms with Crippen LogP contribution < -0.4 is 0 Å². The van der Waals surface area contributed by atoms with Gasteiger partial charge in [0.1, 0.15) is 0 Å². The lowest BCUT2D eigenvalue weighted by molar-refractivity contribution is 0.284. The van der Waals surface area contributed by atoms with Crippen molar-refractivity contribution in [3.63, 3.8) is 0 Å². The Hall–Kier alpha value is -1.26. The Kier molecular flexibility index (Phi) is 3.37. The van der Waals surface area contributed by atoms with Crippen LogP contribution in [0.5, 0.6) is 0 Å². The van der Waals surface area contributed by atoms with Gasteiger partial charge in [0.15, 0.2) is 0 Å². The van der Waals surface area contributed by atoms with Crippen LogP contribution in [0.2, 0.25) is 0 Å². The van der Waals surface area contributed by atoms with Crippen molar-refractivity contribution in [2.24, 2.45) is 0 Å². The molecule has 0 aromatic heterocycles. The lowest BCUT2D eigenvalue weighted by Gasteiger charge is -2.07. The third-order valence-electron chi connectivity index (χ3n) is 1.82. The molecule has 1 unspecified atom stereocenters. The summed E-state index contributed by atoms with van der Waals surface area (Å²) in [5.74, 6) is 2.71. The van der Waals surface area contributed by atoms with Crippen LogP contribution in [-0.2, 0) is 0 Å². The van der Waals surface area contributed by atoms with E-state index in [9.17, 15) is 0 Å². The summed E-state index contributed by atoms with van der Waals surface area (Å²) < 4.78 is 0. The highest BCUT2D eigenvalue weighted by atomic mass is 16.3. The van der Waals surface area contributed by atoms with Crippen LogP contribution >= 0.6 is 0 Å². The molecule has 1 aromatic carbocycles. The molecule has 0 fully saturated rings. The van der Waals surface area contributed by atoms with Crippen LogP contribution in [0.3, 0.4) is 0 Å². The Morgan fingerprint density at radius 3 is 2.50 bits per heavy atom. The third-order valence-corrected chi connectivity index (χ3v) is 1.82. The van der Waals surface area contributed by atoms with Crippen LogP contribution in [0.15, 0.2) is 30.3 Å². The molecular formula is C11H12O. The zero-order valence-corrected chi connectivity index (χ0v) is 6.90. The molecule has 12 heavy (non-hydrogen) atoms. The van der Waals surface area contributed by atoms with Crippen molar-refractivity contribution in [1.29, 1.82) is 0 Å². The van der Waals surface area contributed by atoms with Gasteiger partial charge in [-0.1, -0.05) is 36.3 Å². The molecule has 1 aromatic rings. The van der Waals surface area contributed by atoms with Gasteiger partial charge in [-0.25, -0.2) is 0 Å². The predicted molar refractivity (Wildman–Crippen MR) is 49.7 cm³/mol. The molecule has 0 amide bonds. The minimum absolute atomic E-state index is 0.0520. The van der Waals surface area contributed by atoms with Crippen LogP contribution in [0.1, 0.15) is 17.9 Å². The Labute approximate surface area is 73.0 Å². The van der Waals surface area contributed by atoms with E-state index in [1.807, 2.05) is 30.3 Å². The van der Waals surface area contributed by atoms with E-state index in [2.05, 4.69) is 5.92 Å². The largest absolute Gasteiger partial charge is 0.396 e. The van der Waals surface area contributed by atoms with E-state index in [4.69, 9.17) is 11.5 Å². The van der Waals surface area contributed by atoms with Crippen LogP contribution in [0.25, 0.3) is 0 Å². The van der Waals surface area contributed by atoms with E-state index in [0.717, 1.165) is 5.56 Å². The minimum Gasteiger partial charge on any atom is -0.396 e. The molecule has 62 valence electrons. The number of rotatable bonds is 3. The molecule has 0 heterocycles. The number of hydrogen-bond donors (Lipinski definition) is 1. The highest BCUT2D eigenvalue weighted by molar-refractivity contribution is 5.26. The Balaban J connectivity index is 2.75. The van der Waals surface area contributed by atoms with Gasteiger partial charge in [0, 0.05) is 12.5 Å². The summed E-state index contributed by atoms with van der Waals surface area (Å²) in [7, 11) is 0. The third kappa shape index (κ3) is 2.11. The number of aliphatic hydroxyl groups excluding tert-OH is 1. The summed E-state index contributed by atoms with van der Waals surface area (Å²) in [6.07, 6.45) is 5.97. The predicted octanol–water partition coefficient (Wildman–Crippen LogP) is 1.79. The maximum atomic E-state index is 8.73. The summed E-state index contributed by atoms with van der Waals surface area (Å²) >= 11 is 0. The van der Waals surface area contributed by atoms with Crippen molar-refractivity contribution in [1.82, 2.24) is 0 Å². The fraction of sp³-hybridized carbons (Fsp3) is 0.273. The molecule has 0 spiro atoms. The first-order chi connectivity index (χ1) is 5.88. The fourth-order valence-corrected chi connectivity index (χ4v) is 1.16. The second kappa shape index (κ2) is 4.58. The van der Waals surface area contributed by atoms with Gasteiger partial charge in [0.2, 0.25) is 0 Å². The van der Waals surface area contributed by atoms with Crippen molar-refractivity contribution in [3.05, 3.63) is 35.9 Å². The molecule has 0 aliphatic rings. The molecule has 1 heteroatoms.